The van der Waals surface area contributed by atoms with E-state index in [0.29, 0.717) is 38.2 Å². The fraction of sp³-hybridized carbons (Fsp3) is 0.500. The van der Waals surface area contributed by atoms with Gasteiger partial charge in [-0.15, -0.1) is 0 Å². The summed E-state index contributed by atoms with van der Waals surface area (Å²) in [5.74, 6) is 0.295. The Kier molecular flexibility index (Phi) is 3.30. The van der Waals surface area contributed by atoms with Gasteiger partial charge in [-0.25, -0.2) is 0 Å². The second-order valence-electron chi connectivity index (χ2n) is 5.38. The van der Waals surface area contributed by atoms with Crippen molar-refractivity contribution in [2.45, 2.75) is 25.3 Å². The Morgan fingerprint density at radius 1 is 1.40 bits per heavy atom. The summed E-state index contributed by atoms with van der Waals surface area (Å²) in [6.45, 7) is 1.93. The van der Waals surface area contributed by atoms with Crippen LogP contribution < -0.4 is 5.73 Å². The fourth-order valence-electron chi connectivity index (χ4n) is 2.90. The molecule has 0 saturated carbocycles. The molecule has 2 aliphatic heterocycles. The Morgan fingerprint density at radius 3 is 3.00 bits per heavy atom. The van der Waals surface area contributed by atoms with Crippen LogP contribution in [0.2, 0.25) is 0 Å². The van der Waals surface area contributed by atoms with Crippen LogP contribution in [0.4, 0.5) is 5.69 Å². The van der Waals surface area contributed by atoms with Crippen LogP contribution in [0, 0.1) is 0 Å². The maximum absolute atomic E-state index is 12.3. The van der Waals surface area contributed by atoms with E-state index in [1.165, 1.54) is 0 Å². The van der Waals surface area contributed by atoms with Crippen LogP contribution in [0.3, 0.4) is 0 Å². The molecule has 0 spiro atoms. The summed E-state index contributed by atoms with van der Waals surface area (Å²) >= 11 is 0. The molecule has 0 radical (unpaired) electrons. The molecule has 2 fully saturated rings. The van der Waals surface area contributed by atoms with E-state index in [1.807, 2.05) is 9.80 Å². The highest BCUT2D eigenvalue weighted by atomic mass is 16.2. The lowest BCUT2D eigenvalue weighted by molar-refractivity contribution is -0.138. The molecule has 1 unspecified atom stereocenters. The minimum absolute atomic E-state index is 0.0706. The number of rotatable bonds is 2. The molecule has 20 heavy (non-hydrogen) atoms. The Balaban J connectivity index is 1.61. The third kappa shape index (κ3) is 2.45. The van der Waals surface area contributed by atoms with Crippen molar-refractivity contribution in [1.82, 2.24) is 14.8 Å². The Bertz CT molecular complexity index is 528. The summed E-state index contributed by atoms with van der Waals surface area (Å²) in [4.78, 5) is 31.8. The number of hydrogen-bond donors (Lipinski definition) is 1. The summed E-state index contributed by atoms with van der Waals surface area (Å²) < 4.78 is 0. The quantitative estimate of drug-likeness (QED) is 0.825. The van der Waals surface area contributed by atoms with Gasteiger partial charge in [0.05, 0.1) is 18.3 Å². The molecular weight excluding hydrogens is 256 g/mol. The zero-order valence-electron chi connectivity index (χ0n) is 11.3. The molecular formula is C14H18N4O2. The van der Waals surface area contributed by atoms with Crippen LogP contribution in [-0.4, -0.2) is 52.3 Å². The topological polar surface area (TPSA) is 79.5 Å². The number of pyridine rings is 1. The second-order valence-corrected chi connectivity index (χ2v) is 5.38. The van der Waals surface area contributed by atoms with Gasteiger partial charge < -0.3 is 15.5 Å². The first-order chi connectivity index (χ1) is 9.63. The number of piperazine rings is 1. The van der Waals surface area contributed by atoms with Gasteiger partial charge in [0, 0.05) is 37.8 Å². The predicted molar refractivity (Wildman–Crippen MR) is 73.7 cm³/mol. The molecule has 2 amide bonds. The van der Waals surface area contributed by atoms with Gasteiger partial charge >= 0.3 is 0 Å². The highest BCUT2D eigenvalue weighted by Gasteiger charge is 2.36. The maximum Gasteiger partial charge on any atom is 0.228 e. The number of anilines is 1. The van der Waals surface area contributed by atoms with Gasteiger partial charge in [0.2, 0.25) is 11.8 Å². The minimum atomic E-state index is 0.0706. The lowest BCUT2D eigenvalue weighted by Gasteiger charge is -2.37. The van der Waals surface area contributed by atoms with Gasteiger partial charge in [0.25, 0.3) is 0 Å². The highest BCUT2D eigenvalue weighted by Crippen LogP contribution is 2.23. The van der Waals surface area contributed by atoms with Gasteiger partial charge in [-0.3, -0.25) is 14.6 Å². The largest absolute Gasteiger partial charge is 0.397 e. The third-order valence-electron chi connectivity index (χ3n) is 4.03. The van der Waals surface area contributed by atoms with Crippen LogP contribution in [0.25, 0.3) is 0 Å². The van der Waals surface area contributed by atoms with E-state index in [-0.39, 0.29) is 17.9 Å². The van der Waals surface area contributed by atoms with Gasteiger partial charge in [0.1, 0.15) is 0 Å². The molecule has 0 bridgehead atoms. The van der Waals surface area contributed by atoms with Crippen molar-refractivity contribution in [2.24, 2.45) is 0 Å². The first-order valence-electron chi connectivity index (χ1n) is 6.91. The van der Waals surface area contributed by atoms with E-state index < -0.39 is 0 Å². The predicted octanol–water partition coefficient (Wildman–Crippen LogP) is 0.0395. The Morgan fingerprint density at radius 2 is 2.25 bits per heavy atom. The number of hydrogen-bond acceptors (Lipinski definition) is 4. The number of carbonyl (C=O) groups excluding carboxylic acids is 2. The molecule has 6 heteroatoms. The van der Waals surface area contributed by atoms with E-state index in [1.54, 1.807) is 18.3 Å². The Hall–Kier alpha value is -2.11. The van der Waals surface area contributed by atoms with Gasteiger partial charge in [-0.05, 0) is 18.6 Å². The molecule has 1 aromatic heterocycles. The monoisotopic (exact) mass is 274 g/mol. The van der Waals surface area contributed by atoms with E-state index in [9.17, 15) is 9.59 Å². The number of amides is 2. The van der Waals surface area contributed by atoms with E-state index >= 15 is 0 Å². The average molecular weight is 274 g/mol. The number of nitrogen functional groups attached to an aromatic ring is 1. The van der Waals surface area contributed by atoms with Crippen molar-refractivity contribution in [2.75, 3.05) is 25.4 Å². The van der Waals surface area contributed by atoms with Crippen LogP contribution in [0.15, 0.2) is 18.3 Å². The van der Waals surface area contributed by atoms with Gasteiger partial charge in [-0.1, -0.05) is 0 Å². The molecule has 2 N–H and O–H groups in total. The Labute approximate surface area is 117 Å². The number of nitrogens with two attached hydrogens (primary N) is 1. The van der Waals surface area contributed by atoms with Crippen molar-refractivity contribution >= 4 is 17.5 Å². The SMILES string of the molecule is Nc1ccc(CC(=O)N2CCN3C(=O)CCC3C2)nc1. The van der Waals surface area contributed by atoms with E-state index in [2.05, 4.69) is 4.98 Å². The summed E-state index contributed by atoms with van der Waals surface area (Å²) in [6, 6.07) is 3.74. The average Bonchev–Trinajstić information content (AvgIpc) is 2.82. The molecule has 1 atom stereocenters. The number of fused-ring (bicyclic) bond motifs is 1. The van der Waals surface area contributed by atoms with Crippen LogP contribution >= 0.6 is 0 Å². The number of carbonyl (C=O) groups is 2. The third-order valence-corrected chi connectivity index (χ3v) is 4.03. The van der Waals surface area contributed by atoms with Crippen molar-refractivity contribution in [1.29, 1.82) is 0 Å². The molecule has 3 rings (SSSR count). The highest BCUT2D eigenvalue weighted by molar-refractivity contribution is 5.81. The summed E-state index contributed by atoms with van der Waals surface area (Å²) in [6.07, 6.45) is 3.34. The summed E-state index contributed by atoms with van der Waals surface area (Å²) in [7, 11) is 0. The van der Waals surface area contributed by atoms with Crippen molar-refractivity contribution in [3.05, 3.63) is 24.0 Å². The van der Waals surface area contributed by atoms with E-state index in [0.717, 1.165) is 12.1 Å². The lowest BCUT2D eigenvalue weighted by atomic mass is 10.1. The van der Waals surface area contributed by atoms with Crippen LogP contribution in [0.1, 0.15) is 18.5 Å². The maximum atomic E-state index is 12.3. The molecule has 3 heterocycles. The molecule has 0 aromatic carbocycles. The molecule has 2 aliphatic rings. The smallest absolute Gasteiger partial charge is 0.228 e. The molecule has 6 nitrogen and oxygen atoms in total. The molecule has 2 saturated heterocycles. The van der Waals surface area contributed by atoms with Crippen LogP contribution in [0.5, 0.6) is 0 Å². The normalized spacial score (nSPS) is 22.0. The number of aromatic nitrogens is 1. The zero-order chi connectivity index (χ0) is 14.1. The first kappa shape index (κ1) is 12.9. The van der Waals surface area contributed by atoms with Crippen molar-refractivity contribution < 1.29 is 9.59 Å². The summed E-state index contributed by atoms with van der Waals surface area (Å²) in [5, 5.41) is 0. The van der Waals surface area contributed by atoms with Gasteiger partial charge in [-0.2, -0.15) is 0 Å². The summed E-state index contributed by atoms with van der Waals surface area (Å²) in [5.41, 5.74) is 6.90. The molecule has 106 valence electrons. The molecule has 0 aliphatic carbocycles. The fourth-order valence-corrected chi connectivity index (χ4v) is 2.90. The lowest BCUT2D eigenvalue weighted by Crippen LogP contribution is -2.53. The second kappa shape index (κ2) is 5.11. The van der Waals surface area contributed by atoms with Gasteiger partial charge in [0.15, 0.2) is 0 Å². The molecule has 1 aromatic rings. The van der Waals surface area contributed by atoms with Crippen LogP contribution in [-0.2, 0) is 16.0 Å². The van der Waals surface area contributed by atoms with Crippen molar-refractivity contribution in [3.63, 3.8) is 0 Å². The van der Waals surface area contributed by atoms with Crippen molar-refractivity contribution in [3.8, 4) is 0 Å². The van der Waals surface area contributed by atoms with E-state index in [4.69, 9.17) is 5.73 Å². The first-order valence-corrected chi connectivity index (χ1v) is 6.91. The minimum Gasteiger partial charge on any atom is -0.397 e. The standard InChI is InChI=1S/C14H18N4O2/c15-10-1-2-11(16-8-10)7-14(20)17-5-6-18-12(9-17)3-4-13(18)19/h1-2,8,12H,3-7,9,15H2. The number of nitrogens with zero attached hydrogens (tertiary/aromatic N) is 3. The zero-order valence-corrected chi connectivity index (χ0v) is 11.3.